The quantitative estimate of drug-likeness (QED) is 0.345. The minimum absolute atomic E-state index is 0.0576. The second-order valence-electron chi connectivity index (χ2n) is 9.45. The summed E-state index contributed by atoms with van der Waals surface area (Å²) in [6, 6.07) is 23.0. The van der Waals surface area contributed by atoms with Crippen molar-refractivity contribution in [1.82, 2.24) is 9.88 Å². The second kappa shape index (κ2) is 9.42. The number of aliphatic hydroxyl groups excluding tert-OH is 1. The van der Waals surface area contributed by atoms with E-state index in [1.54, 1.807) is 29.2 Å². The van der Waals surface area contributed by atoms with E-state index in [1.165, 1.54) is 5.56 Å². The number of fused-ring (bicyclic) bond motifs is 1. The average molecular weight is 461 g/mol. The molecule has 0 aliphatic heterocycles. The number of nitrogens with one attached hydrogen (secondary N) is 1. The topological polar surface area (TPSA) is 56.3 Å². The number of aliphatic hydroxyl groups is 1. The Hall–Kier alpha value is -3.08. The van der Waals surface area contributed by atoms with E-state index in [0.29, 0.717) is 17.1 Å². The molecule has 5 heteroatoms. The maximum absolute atomic E-state index is 13.7. The summed E-state index contributed by atoms with van der Waals surface area (Å²) >= 11 is 6.00. The molecule has 0 aliphatic carbocycles. The standard InChI is InChI=1S/C28H29ClN2O2/c1-28(2,3)22-11-7-19(8-12-22)17-31(18-25(32)20-9-13-23(29)14-10-20)27(33)24-6-4-5-21-15-16-30-26(21)24/h4-16,25,30,32H,17-18H2,1-3H3. The number of carbonyl (C=O) groups is 1. The van der Waals surface area contributed by atoms with E-state index in [4.69, 9.17) is 11.6 Å². The molecule has 0 bridgehead atoms. The molecule has 4 aromatic rings. The fourth-order valence-corrected chi connectivity index (χ4v) is 4.11. The lowest BCUT2D eigenvalue weighted by Crippen LogP contribution is -2.34. The summed E-state index contributed by atoms with van der Waals surface area (Å²) in [7, 11) is 0. The summed E-state index contributed by atoms with van der Waals surface area (Å²) in [6.45, 7) is 7.09. The van der Waals surface area contributed by atoms with Crippen LogP contribution in [-0.2, 0) is 12.0 Å². The number of rotatable bonds is 6. The maximum atomic E-state index is 13.7. The molecule has 3 aromatic carbocycles. The van der Waals surface area contributed by atoms with Gasteiger partial charge in [-0.1, -0.05) is 80.9 Å². The Labute approximate surface area is 199 Å². The van der Waals surface area contributed by atoms with Crippen molar-refractivity contribution in [1.29, 1.82) is 0 Å². The van der Waals surface area contributed by atoms with Gasteiger partial charge in [0.25, 0.3) is 5.91 Å². The smallest absolute Gasteiger partial charge is 0.256 e. The minimum atomic E-state index is -0.831. The first-order chi connectivity index (χ1) is 15.7. The van der Waals surface area contributed by atoms with Gasteiger partial charge < -0.3 is 15.0 Å². The lowest BCUT2D eigenvalue weighted by molar-refractivity contribution is 0.0605. The van der Waals surface area contributed by atoms with Crippen LogP contribution in [-0.4, -0.2) is 27.4 Å². The largest absolute Gasteiger partial charge is 0.387 e. The van der Waals surface area contributed by atoms with Crippen LogP contribution in [0.2, 0.25) is 5.02 Å². The number of benzene rings is 3. The van der Waals surface area contributed by atoms with E-state index in [9.17, 15) is 9.90 Å². The summed E-state index contributed by atoms with van der Waals surface area (Å²) in [5.74, 6) is -0.129. The van der Waals surface area contributed by atoms with Crippen LogP contribution in [0.4, 0.5) is 0 Å². The highest BCUT2D eigenvalue weighted by atomic mass is 35.5. The number of aromatic nitrogens is 1. The molecule has 1 amide bonds. The Morgan fingerprint density at radius 1 is 1.00 bits per heavy atom. The van der Waals surface area contributed by atoms with E-state index in [-0.39, 0.29) is 17.9 Å². The Morgan fingerprint density at radius 3 is 2.36 bits per heavy atom. The van der Waals surface area contributed by atoms with Crippen LogP contribution in [0.25, 0.3) is 10.9 Å². The lowest BCUT2D eigenvalue weighted by atomic mass is 9.87. The Kier molecular flexibility index (Phi) is 6.59. The van der Waals surface area contributed by atoms with Gasteiger partial charge in [-0.05, 0) is 46.4 Å². The Balaban J connectivity index is 1.64. The summed E-state index contributed by atoms with van der Waals surface area (Å²) < 4.78 is 0. The third-order valence-corrected chi connectivity index (χ3v) is 6.20. The van der Waals surface area contributed by atoms with Crippen LogP contribution >= 0.6 is 11.6 Å². The van der Waals surface area contributed by atoms with Crippen LogP contribution in [0.3, 0.4) is 0 Å². The van der Waals surface area contributed by atoms with Gasteiger partial charge in [0.2, 0.25) is 0 Å². The van der Waals surface area contributed by atoms with Crippen LogP contribution in [0.1, 0.15) is 53.9 Å². The molecule has 1 atom stereocenters. The zero-order valence-corrected chi connectivity index (χ0v) is 19.9. The normalized spacial score (nSPS) is 12.6. The summed E-state index contributed by atoms with van der Waals surface area (Å²) in [5.41, 5.74) is 4.42. The molecule has 0 aliphatic rings. The van der Waals surface area contributed by atoms with Gasteiger partial charge in [-0.25, -0.2) is 0 Å². The molecular weight excluding hydrogens is 432 g/mol. The van der Waals surface area contributed by atoms with E-state index < -0.39 is 6.10 Å². The minimum Gasteiger partial charge on any atom is -0.387 e. The molecule has 0 spiro atoms. The fourth-order valence-electron chi connectivity index (χ4n) is 3.98. The number of para-hydroxylation sites is 1. The number of H-pyrrole nitrogens is 1. The van der Waals surface area contributed by atoms with E-state index in [2.05, 4.69) is 50.0 Å². The van der Waals surface area contributed by atoms with Gasteiger partial charge in [0.1, 0.15) is 0 Å². The van der Waals surface area contributed by atoms with Gasteiger partial charge in [-0.15, -0.1) is 0 Å². The highest BCUT2D eigenvalue weighted by Gasteiger charge is 2.23. The van der Waals surface area contributed by atoms with Crippen molar-refractivity contribution in [3.63, 3.8) is 0 Å². The molecule has 0 saturated carbocycles. The average Bonchev–Trinajstić information content (AvgIpc) is 3.27. The van der Waals surface area contributed by atoms with E-state index in [0.717, 1.165) is 22.0 Å². The lowest BCUT2D eigenvalue weighted by Gasteiger charge is -2.27. The van der Waals surface area contributed by atoms with E-state index >= 15 is 0 Å². The Morgan fingerprint density at radius 2 is 1.70 bits per heavy atom. The van der Waals surface area contributed by atoms with Crippen molar-refractivity contribution >= 4 is 28.4 Å². The van der Waals surface area contributed by atoms with Gasteiger partial charge in [-0.2, -0.15) is 0 Å². The van der Waals surface area contributed by atoms with Gasteiger partial charge in [0.05, 0.1) is 23.7 Å². The highest BCUT2D eigenvalue weighted by molar-refractivity contribution is 6.30. The predicted octanol–water partition coefficient (Wildman–Crippen LogP) is 6.49. The predicted molar refractivity (Wildman–Crippen MR) is 135 cm³/mol. The molecule has 1 heterocycles. The summed E-state index contributed by atoms with van der Waals surface area (Å²) in [4.78, 5) is 18.6. The van der Waals surface area contributed by atoms with Gasteiger partial charge in [-0.3, -0.25) is 4.79 Å². The first-order valence-corrected chi connectivity index (χ1v) is 11.5. The molecule has 2 N–H and O–H groups in total. The highest BCUT2D eigenvalue weighted by Crippen LogP contribution is 2.25. The van der Waals surface area contributed by atoms with Crippen molar-refractivity contribution < 1.29 is 9.90 Å². The Bertz CT molecular complexity index is 1240. The molecular formula is C28H29ClN2O2. The number of aromatic amines is 1. The molecule has 170 valence electrons. The number of hydrogen-bond donors (Lipinski definition) is 2. The number of amides is 1. The fraction of sp³-hybridized carbons (Fsp3) is 0.250. The molecule has 33 heavy (non-hydrogen) atoms. The first kappa shape index (κ1) is 23.1. The second-order valence-corrected chi connectivity index (χ2v) is 9.88. The number of nitrogens with zero attached hydrogens (tertiary/aromatic N) is 1. The molecule has 1 unspecified atom stereocenters. The summed E-state index contributed by atoms with van der Waals surface area (Å²) in [5, 5.41) is 12.5. The van der Waals surface area contributed by atoms with Crippen LogP contribution in [0, 0.1) is 0 Å². The van der Waals surface area contributed by atoms with Gasteiger partial charge >= 0.3 is 0 Å². The van der Waals surface area contributed by atoms with Crippen LogP contribution < -0.4 is 0 Å². The monoisotopic (exact) mass is 460 g/mol. The number of hydrogen-bond acceptors (Lipinski definition) is 2. The molecule has 0 fully saturated rings. The SMILES string of the molecule is CC(C)(C)c1ccc(CN(CC(O)c2ccc(Cl)cc2)C(=O)c2cccc3cc[nH]c23)cc1. The number of carbonyl (C=O) groups excluding carboxylic acids is 1. The molecule has 0 saturated heterocycles. The van der Waals surface area contributed by atoms with Crippen LogP contribution in [0.5, 0.6) is 0 Å². The molecule has 1 aromatic heterocycles. The zero-order valence-electron chi connectivity index (χ0n) is 19.2. The third-order valence-electron chi connectivity index (χ3n) is 5.95. The maximum Gasteiger partial charge on any atom is 0.256 e. The van der Waals surface area contributed by atoms with Gasteiger partial charge in [0.15, 0.2) is 0 Å². The van der Waals surface area contributed by atoms with Crippen LogP contribution in [0.15, 0.2) is 79.0 Å². The van der Waals surface area contributed by atoms with Gasteiger partial charge in [0, 0.05) is 23.2 Å². The molecule has 4 rings (SSSR count). The van der Waals surface area contributed by atoms with Crippen molar-refractivity contribution in [2.45, 2.75) is 38.8 Å². The molecule has 0 radical (unpaired) electrons. The van der Waals surface area contributed by atoms with Crippen molar-refractivity contribution in [3.05, 3.63) is 106 Å². The zero-order chi connectivity index (χ0) is 23.6. The summed E-state index contributed by atoms with van der Waals surface area (Å²) in [6.07, 6.45) is 1.00. The molecule has 4 nitrogen and oxygen atoms in total. The third kappa shape index (κ3) is 5.29. The first-order valence-electron chi connectivity index (χ1n) is 11.1. The van der Waals surface area contributed by atoms with Crippen molar-refractivity contribution in [2.24, 2.45) is 0 Å². The number of halogens is 1. The van der Waals surface area contributed by atoms with Crippen molar-refractivity contribution in [3.8, 4) is 0 Å². The van der Waals surface area contributed by atoms with E-state index in [1.807, 2.05) is 30.5 Å². The van der Waals surface area contributed by atoms with Crippen molar-refractivity contribution in [2.75, 3.05) is 6.54 Å².